The topological polar surface area (TPSA) is 138 Å². The van der Waals surface area contributed by atoms with Gasteiger partial charge in [0, 0.05) is 44.0 Å². The standard InChI is InChI=1S/C35H47BrN4O8/c1-4-6-12-27(42)47-22-26(24-10-8-7-9-11-24)37-32(43)28-29-33(44)40(23(3)21-41)31(35(29)20-25(36)30(28)48-35)34(45)39(13-5-2)15-14-38-16-18-46-19-17-38/h4-5,7-11,23,25-26,28-31,41H,1-2,6,12-22H2,3H3,(H,37,43)/t23-,25?,26-,28+,29-,30+,31+,35-/m1/s1. The Bertz CT molecular complexity index is 1340. The van der Waals surface area contributed by atoms with E-state index in [0.29, 0.717) is 39.1 Å². The van der Waals surface area contributed by atoms with Gasteiger partial charge in [-0.05, 0) is 25.3 Å². The molecule has 1 unspecified atom stereocenters. The molecule has 4 aliphatic rings. The summed E-state index contributed by atoms with van der Waals surface area (Å²) in [6.45, 7) is 12.8. The number of aliphatic hydroxyl groups excluding tert-OH is 1. The molecular formula is C35H47BrN4O8. The lowest BCUT2D eigenvalue weighted by Gasteiger charge is -2.39. The van der Waals surface area contributed by atoms with E-state index in [1.165, 1.54) is 4.90 Å². The van der Waals surface area contributed by atoms with Gasteiger partial charge in [0.05, 0.1) is 49.8 Å². The van der Waals surface area contributed by atoms with E-state index in [1.54, 1.807) is 24.0 Å². The minimum atomic E-state index is -1.28. The molecule has 1 aromatic carbocycles. The first-order valence-electron chi connectivity index (χ1n) is 16.7. The first-order chi connectivity index (χ1) is 23.2. The molecule has 2 bridgehead atoms. The monoisotopic (exact) mass is 730 g/mol. The number of amides is 3. The molecule has 4 aliphatic heterocycles. The molecule has 1 aromatic rings. The number of rotatable bonds is 16. The van der Waals surface area contributed by atoms with Gasteiger partial charge in [-0.3, -0.25) is 24.1 Å². The highest BCUT2D eigenvalue weighted by Gasteiger charge is 2.77. The fourth-order valence-electron chi connectivity index (χ4n) is 7.56. The van der Waals surface area contributed by atoms with Crippen LogP contribution in [0.1, 0.15) is 37.8 Å². The highest BCUT2D eigenvalue weighted by Crippen LogP contribution is 2.60. The van der Waals surface area contributed by atoms with Gasteiger partial charge < -0.3 is 34.4 Å². The summed E-state index contributed by atoms with van der Waals surface area (Å²) in [6, 6.07) is 6.76. The molecule has 12 nitrogen and oxygen atoms in total. The molecule has 1 spiro atoms. The number of alkyl halides is 1. The molecule has 2 N–H and O–H groups in total. The van der Waals surface area contributed by atoms with E-state index in [9.17, 15) is 24.3 Å². The summed E-state index contributed by atoms with van der Waals surface area (Å²) in [6.07, 6.45) is 3.61. The fraction of sp³-hybridized carbons (Fsp3) is 0.600. The van der Waals surface area contributed by atoms with Crippen molar-refractivity contribution in [1.29, 1.82) is 0 Å². The van der Waals surface area contributed by atoms with Crippen molar-refractivity contribution in [3.8, 4) is 0 Å². The van der Waals surface area contributed by atoms with E-state index in [0.717, 1.165) is 18.7 Å². The Balaban J connectivity index is 1.42. The van der Waals surface area contributed by atoms with Crippen LogP contribution < -0.4 is 5.32 Å². The van der Waals surface area contributed by atoms with Crippen molar-refractivity contribution in [2.24, 2.45) is 11.8 Å². The average Bonchev–Trinajstić information content (AvgIpc) is 3.70. The van der Waals surface area contributed by atoms with Crippen molar-refractivity contribution in [1.82, 2.24) is 20.0 Å². The van der Waals surface area contributed by atoms with Crippen molar-refractivity contribution in [2.45, 2.75) is 60.8 Å². The van der Waals surface area contributed by atoms with Crippen LogP contribution in [0.3, 0.4) is 0 Å². The van der Waals surface area contributed by atoms with Gasteiger partial charge in [0.15, 0.2) is 0 Å². The number of ether oxygens (including phenoxy) is 3. The predicted molar refractivity (Wildman–Crippen MR) is 181 cm³/mol. The number of nitrogens with zero attached hydrogens (tertiary/aromatic N) is 3. The summed E-state index contributed by atoms with van der Waals surface area (Å²) in [5, 5.41) is 13.3. The van der Waals surface area contributed by atoms with Crippen LogP contribution in [0.4, 0.5) is 0 Å². The first kappa shape index (κ1) is 36.2. The van der Waals surface area contributed by atoms with Crippen molar-refractivity contribution in [3.05, 3.63) is 61.2 Å². The third-order valence-corrected chi connectivity index (χ3v) is 10.8. The van der Waals surface area contributed by atoms with Crippen molar-refractivity contribution in [2.75, 3.05) is 59.2 Å². The van der Waals surface area contributed by atoms with Crippen LogP contribution in [-0.4, -0.2) is 131 Å². The zero-order chi connectivity index (χ0) is 34.4. The summed E-state index contributed by atoms with van der Waals surface area (Å²) in [4.78, 5) is 60.7. The molecular weight excluding hydrogens is 684 g/mol. The minimum absolute atomic E-state index is 0.0973. The molecule has 4 fully saturated rings. The van der Waals surface area contributed by atoms with Crippen LogP contribution in [0.25, 0.3) is 0 Å². The van der Waals surface area contributed by atoms with Crippen LogP contribution in [-0.2, 0) is 33.4 Å². The molecule has 0 saturated carbocycles. The number of allylic oxidation sites excluding steroid dienone is 1. The van der Waals surface area contributed by atoms with Gasteiger partial charge >= 0.3 is 5.97 Å². The van der Waals surface area contributed by atoms with Crippen LogP contribution in [0.2, 0.25) is 0 Å². The Kier molecular flexibility index (Phi) is 12.1. The molecule has 4 saturated heterocycles. The number of aliphatic hydroxyl groups is 1. The molecule has 8 atom stereocenters. The summed E-state index contributed by atoms with van der Waals surface area (Å²) in [5.41, 5.74) is -0.547. The normalized spacial score (nSPS) is 29.2. The van der Waals surface area contributed by atoms with Crippen LogP contribution in [0, 0.1) is 11.8 Å². The molecule has 3 amide bonds. The Morgan fingerprint density at radius 2 is 1.94 bits per heavy atom. The maximum atomic E-state index is 14.6. The second kappa shape index (κ2) is 16.1. The highest BCUT2D eigenvalue weighted by molar-refractivity contribution is 9.09. The third kappa shape index (κ3) is 7.25. The van der Waals surface area contributed by atoms with E-state index in [4.69, 9.17) is 14.2 Å². The van der Waals surface area contributed by atoms with E-state index in [1.807, 2.05) is 30.3 Å². The van der Waals surface area contributed by atoms with Crippen molar-refractivity contribution in [3.63, 3.8) is 0 Å². The smallest absolute Gasteiger partial charge is 0.306 e. The molecule has 48 heavy (non-hydrogen) atoms. The number of nitrogens with one attached hydrogen (secondary N) is 1. The van der Waals surface area contributed by atoms with Gasteiger partial charge in [-0.25, -0.2) is 0 Å². The first-order valence-corrected chi connectivity index (χ1v) is 17.6. The molecule has 4 heterocycles. The number of fused-ring (bicyclic) bond motifs is 1. The highest BCUT2D eigenvalue weighted by atomic mass is 79.9. The van der Waals surface area contributed by atoms with Crippen LogP contribution in [0.15, 0.2) is 55.6 Å². The second-order valence-electron chi connectivity index (χ2n) is 12.9. The number of esters is 1. The predicted octanol–water partition coefficient (Wildman–Crippen LogP) is 1.83. The number of hydrogen-bond donors (Lipinski definition) is 2. The van der Waals surface area contributed by atoms with E-state index in [2.05, 4.69) is 39.3 Å². The molecule has 0 aromatic heterocycles. The number of benzene rings is 1. The quantitative estimate of drug-likeness (QED) is 0.148. The summed E-state index contributed by atoms with van der Waals surface area (Å²) in [7, 11) is 0. The van der Waals surface area contributed by atoms with Crippen molar-refractivity contribution >= 4 is 39.6 Å². The summed E-state index contributed by atoms with van der Waals surface area (Å²) < 4.78 is 17.7. The molecule has 0 aliphatic carbocycles. The van der Waals surface area contributed by atoms with Gasteiger partial charge in [-0.15, -0.1) is 13.2 Å². The van der Waals surface area contributed by atoms with Crippen LogP contribution >= 0.6 is 15.9 Å². The Labute approximate surface area is 290 Å². The zero-order valence-electron chi connectivity index (χ0n) is 27.5. The second-order valence-corrected chi connectivity index (χ2v) is 14.1. The van der Waals surface area contributed by atoms with Crippen LogP contribution in [0.5, 0.6) is 0 Å². The van der Waals surface area contributed by atoms with Crippen molar-refractivity contribution < 1.29 is 38.5 Å². The lowest BCUT2D eigenvalue weighted by molar-refractivity contribution is -0.151. The van der Waals surface area contributed by atoms with Gasteiger partial charge in [-0.1, -0.05) is 58.4 Å². The molecule has 0 radical (unpaired) electrons. The lowest BCUT2D eigenvalue weighted by atomic mass is 9.70. The summed E-state index contributed by atoms with van der Waals surface area (Å²) >= 11 is 3.72. The molecule has 5 rings (SSSR count). The average molecular weight is 732 g/mol. The maximum absolute atomic E-state index is 14.6. The Hall–Kier alpha value is -3.10. The third-order valence-electron chi connectivity index (χ3n) is 9.94. The zero-order valence-corrected chi connectivity index (χ0v) is 29.1. The van der Waals surface area contributed by atoms with E-state index >= 15 is 0 Å². The number of carbonyl (C=O) groups is 4. The minimum Gasteiger partial charge on any atom is -0.463 e. The summed E-state index contributed by atoms with van der Waals surface area (Å²) in [5.74, 6) is -3.40. The Morgan fingerprint density at radius 3 is 2.60 bits per heavy atom. The number of morpholine rings is 1. The SMILES string of the molecule is C=CCCC(=O)OC[C@@H](NC(=O)[C@@H]1[C@H]2O[C@@]3(CC2Br)[C@H](C(=O)N(CC=C)CCN2CCOCC2)N([C@H](C)CO)C(=O)[C@@H]13)c1ccccc1. The molecule has 13 heteroatoms. The van der Waals surface area contributed by atoms with Gasteiger partial charge in [0.1, 0.15) is 18.2 Å². The van der Waals surface area contributed by atoms with E-state index in [-0.39, 0.29) is 36.9 Å². The van der Waals surface area contributed by atoms with E-state index < -0.39 is 59.5 Å². The fourth-order valence-corrected chi connectivity index (χ4v) is 8.50. The maximum Gasteiger partial charge on any atom is 0.306 e. The largest absolute Gasteiger partial charge is 0.463 e. The van der Waals surface area contributed by atoms with Gasteiger partial charge in [-0.2, -0.15) is 0 Å². The lowest BCUT2D eigenvalue weighted by Crippen LogP contribution is -2.59. The van der Waals surface area contributed by atoms with Gasteiger partial charge in [0.25, 0.3) is 0 Å². The number of halogens is 1. The number of likely N-dealkylation sites (tertiary alicyclic amines) is 1. The number of hydrogen-bond acceptors (Lipinski definition) is 9. The Morgan fingerprint density at radius 1 is 1.21 bits per heavy atom. The number of carbonyl (C=O) groups excluding carboxylic acids is 4. The molecule has 262 valence electrons. The van der Waals surface area contributed by atoms with Gasteiger partial charge in [0.2, 0.25) is 17.7 Å².